The van der Waals surface area contributed by atoms with Gasteiger partial charge in [0.1, 0.15) is 0 Å². The molecule has 0 N–H and O–H groups in total. The van der Waals surface area contributed by atoms with Crippen molar-refractivity contribution in [3.63, 3.8) is 0 Å². The number of rotatable bonds is 3. The molecule has 1 fully saturated rings. The Morgan fingerprint density at radius 1 is 1.11 bits per heavy atom. The van der Waals surface area contributed by atoms with Crippen LogP contribution in [0.4, 0.5) is 0 Å². The van der Waals surface area contributed by atoms with Gasteiger partial charge < -0.3 is 0 Å². The molecule has 3 atom stereocenters. The van der Waals surface area contributed by atoms with E-state index >= 15 is 0 Å². The molecule has 0 heterocycles. The molecule has 2 unspecified atom stereocenters. The summed E-state index contributed by atoms with van der Waals surface area (Å²) in [5.74, 6) is 0.658. The highest BCUT2D eigenvalue weighted by molar-refractivity contribution is 5.27. The van der Waals surface area contributed by atoms with Gasteiger partial charge >= 0.3 is 0 Å². The van der Waals surface area contributed by atoms with Crippen LogP contribution in [0.1, 0.15) is 70.4 Å². The maximum absolute atomic E-state index is 2.52. The van der Waals surface area contributed by atoms with Gasteiger partial charge in [0, 0.05) is 0 Å². The van der Waals surface area contributed by atoms with Crippen LogP contribution in [0.3, 0.4) is 0 Å². The molecule has 1 saturated carbocycles. The molecule has 100 valence electrons. The molecule has 2 rings (SSSR count). The Balaban J connectivity index is 2.32. The van der Waals surface area contributed by atoms with Crippen LogP contribution in [0.15, 0.2) is 24.3 Å². The van der Waals surface area contributed by atoms with Crippen LogP contribution < -0.4 is 0 Å². The Morgan fingerprint density at radius 3 is 2.28 bits per heavy atom. The molecule has 0 radical (unpaired) electrons. The van der Waals surface area contributed by atoms with E-state index in [1.54, 1.807) is 0 Å². The highest BCUT2D eigenvalue weighted by Gasteiger charge is 2.50. The second-order valence-electron chi connectivity index (χ2n) is 6.82. The number of aryl methyl sites for hydroxylation is 1. The maximum Gasteiger partial charge on any atom is -0.0131 e. The third-order valence-corrected chi connectivity index (χ3v) is 6.12. The van der Waals surface area contributed by atoms with Crippen LogP contribution in [0.25, 0.3) is 0 Å². The molecule has 0 bridgehead atoms. The SMILES string of the molecule is CCC1(C)CCC[C@@]1(C)C(C)c1ccc(C)cc1. The smallest absolute Gasteiger partial charge is 0.0131 e. The Kier molecular flexibility index (Phi) is 3.58. The van der Waals surface area contributed by atoms with E-state index in [-0.39, 0.29) is 0 Å². The van der Waals surface area contributed by atoms with Crippen LogP contribution >= 0.6 is 0 Å². The van der Waals surface area contributed by atoms with E-state index in [4.69, 9.17) is 0 Å². The number of benzene rings is 1. The molecule has 1 aliphatic rings. The fraction of sp³-hybridized carbons (Fsp3) is 0.667. The van der Waals surface area contributed by atoms with Crippen molar-refractivity contribution in [1.29, 1.82) is 0 Å². The molecule has 18 heavy (non-hydrogen) atoms. The molecule has 0 heteroatoms. The van der Waals surface area contributed by atoms with Crippen molar-refractivity contribution < 1.29 is 0 Å². The van der Waals surface area contributed by atoms with Crippen LogP contribution in [0.2, 0.25) is 0 Å². The zero-order valence-corrected chi connectivity index (χ0v) is 12.7. The predicted molar refractivity (Wildman–Crippen MR) is 80.0 cm³/mol. The van der Waals surface area contributed by atoms with Gasteiger partial charge in [0.05, 0.1) is 0 Å². The molecule has 0 spiro atoms. The van der Waals surface area contributed by atoms with Crippen LogP contribution in [-0.4, -0.2) is 0 Å². The first-order chi connectivity index (χ1) is 8.43. The van der Waals surface area contributed by atoms with Crippen LogP contribution in [-0.2, 0) is 0 Å². The van der Waals surface area contributed by atoms with Gasteiger partial charge in [0.15, 0.2) is 0 Å². The highest BCUT2D eigenvalue weighted by atomic mass is 14.5. The zero-order valence-electron chi connectivity index (χ0n) is 12.7. The second kappa shape index (κ2) is 4.72. The van der Waals surface area contributed by atoms with Crippen molar-refractivity contribution in [2.75, 3.05) is 0 Å². The Hall–Kier alpha value is -0.780. The largest absolute Gasteiger partial charge is 0.0648 e. The summed E-state index contributed by atoms with van der Waals surface area (Å²) < 4.78 is 0. The molecule has 0 amide bonds. The van der Waals surface area contributed by atoms with Gasteiger partial charge in [0.2, 0.25) is 0 Å². The van der Waals surface area contributed by atoms with Gasteiger partial charge in [-0.05, 0) is 42.1 Å². The van der Waals surface area contributed by atoms with Gasteiger partial charge in [0.25, 0.3) is 0 Å². The van der Waals surface area contributed by atoms with Gasteiger partial charge in [-0.2, -0.15) is 0 Å². The van der Waals surface area contributed by atoms with Gasteiger partial charge in [-0.1, -0.05) is 70.4 Å². The van der Waals surface area contributed by atoms with Gasteiger partial charge in [-0.3, -0.25) is 0 Å². The highest BCUT2D eigenvalue weighted by Crippen LogP contribution is 2.60. The standard InChI is InChI=1S/C18H28/c1-6-17(4)12-7-13-18(17,5)15(3)16-10-8-14(2)9-11-16/h8-11,15H,6-7,12-13H2,1-5H3/t15?,17?,18-/m0/s1. The lowest BCUT2D eigenvalue weighted by Crippen LogP contribution is -2.36. The van der Waals surface area contributed by atoms with E-state index in [1.165, 1.54) is 36.8 Å². The second-order valence-corrected chi connectivity index (χ2v) is 6.82. The van der Waals surface area contributed by atoms with Gasteiger partial charge in [-0.15, -0.1) is 0 Å². The third kappa shape index (κ3) is 2.00. The molecule has 0 saturated heterocycles. The lowest BCUT2D eigenvalue weighted by Gasteiger charge is -2.45. The summed E-state index contributed by atoms with van der Waals surface area (Å²) in [5.41, 5.74) is 3.85. The summed E-state index contributed by atoms with van der Waals surface area (Å²) >= 11 is 0. The van der Waals surface area contributed by atoms with Crippen molar-refractivity contribution >= 4 is 0 Å². The first-order valence-corrected chi connectivity index (χ1v) is 7.49. The summed E-state index contributed by atoms with van der Waals surface area (Å²) in [6.07, 6.45) is 5.49. The molecule has 1 aromatic rings. The van der Waals surface area contributed by atoms with Gasteiger partial charge in [-0.25, -0.2) is 0 Å². The fourth-order valence-electron chi connectivity index (χ4n) is 3.98. The van der Waals surface area contributed by atoms with E-state index in [0.29, 0.717) is 16.7 Å². The Morgan fingerprint density at radius 2 is 1.72 bits per heavy atom. The lowest BCUT2D eigenvalue weighted by atomic mass is 9.59. The van der Waals surface area contributed by atoms with E-state index in [0.717, 1.165) is 0 Å². The van der Waals surface area contributed by atoms with E-state index < -0.39 is 0 Å². The first kappa shape index (κ1) is 13.6. The normalized spacial score (nSPS) is 33.6. The van der Waals surface area contributed by atoms with Crippen LogP contribution in [0.5, 0.6) is 0 Å². The quantitative estimate of drug-likeness (QED) is 0.639. The van der Waals surface area contributed by atoms with Crippen molar-refractivity contribution in [2.24, 2.45) is 10.8 Å². The van der Waals surface area contributed by atoms with Crippen molar-refractivity contribution in [2.45, 2.75) is 66.2 Å². The maximum atomic E-state index is 2.52. The molecule has 0 aromatic heterocycles. The van der Waals surface area contributed by atoms with Crippen molar-refractivity contribution in [1.82, 2.24) is 0 Å². The summed E-state index contributed by atoms with van der Waals surface area (Å²) in [4.78, 5) is 0. The Labute approximate surface area is 113 Å². The minimum Gasteiger partial charge on any atom is -0.0648 e. The average molecular weight is 244 g/mol. The molecule has 1 aliphatic carbocycles. The molecule has 0 aliphatic heterocycles. The topological polar surface area (TPSA) is 0 Å². The van der Waals surface area contributed by atoms with Crippen molar-refractivity contribution in [3.05, 3.63) is 35.4 Å². The Bertz CT molecular complexity index is 403. The van der Waals surface area contributed by atoms with Crippen molar-refractivity contribution in [3.8, 4) is 0 Å². The monoisotopic (exact) mass is 244 g/mol. The van der Waals surface area contributed by atoms with Crippen LogP contribution in [0, 0.1) is 17.8 Å². The predicted octanol–water partition coefficient (Wildman–Crippen LogP) is 5.71. The lowest BCUT2D eigenvalue weighted by molar-refractivity contribution is 0.0774. The molecular weight excluding hydrogens is 216 g/mol. The van der Waals surface area contributed by atoms with E-state index in [2.05, 4.69) is 58.9 Å². The molecule has 1 aromatic carbocycles. The summed E-state index contributed by atoms with van der Waals surface area (Å²) in [6.45, 7) is 12.0. The van der Waals surface area contributed by atoms with E-state index in [1.807, 2.05) is 0 Å². The summed E-state index contributed by atoms with van der Waals surface area (Å²) in [7, 11) is 0. The summed E-state index contributed by atoms with van der Waals surface area (Å²) in [5, 5.41) is 0. The third-order valence-electron chi connectivity index (χ3n) is 6.12. The zero-order chi connectivity index (χ0) is 13.4. The number of hydrogen-bond acceptors (Lipinski definition) is 0. The average Bonchev–Trinajstić information content (AvgIpc) is 2.68. The molecular formula is C18H28. The summed E-state index contributed by atoms with van der Waals surface area (Å²) in [6, 6.07) is 9.18. The number of hydrogen-bond donors (Lipinski definition) is 0. The minimum absolute atomic E-state index is 0.455. The minimum atomic E-state index is 0.455. The molecule has 0 nitrogen and oxygen atoms in total. The first-order valence-electron chi connectivity index (χ1n) is 7.49. The fourth-order valence-corrected chi connectivity index (χ4v) is 3.98. The van der Waals surface area contributed by atoms with E-state index in [9.17, 15) is 0 Å².